The molecule has 1 saturated heterocycles. The molecule has 3 N–H and O–H groups in total. The number of nitrogens with two attached hydrogens (primary N) is 1. The second-order valence-electron chi connectivity index (χ2n) is 4.81. The molecule has 8 heteroatoms. The number of carbonyl (C=O) groups excluding carboxylic acids is 1. The molecule has 1 fully saturated rings. The molecule has 0 bridgehead atoms. The number of primary amides is 1. The predicted octanol–water partition coefficient (Wildman–Crippen LogP) is 0.351. The summed E-state index contributed by atoms with van der Waals surface area (Å²) in [5, 5.41) is 14.1. The number of piperidine rings is 1. The molecule has 1 aromatic rings. The predicted molar refractivity (Wildman–Crippen MR) is 73.2 cm³/mol. The lowest BCUT2D eigenvalue weighted by Crippen LogP contribution is -2.43. The smallest absolute Gasteiger partial charge is 0.310 e. The van der Waals surface area contributed by atoms with Crippen LogP contribution < -0.4 is 11.1 Å². The molecule has 20 heavy (non-hydrogen) atoms. The molecule has 1 amide bonds. The maximum atomic E-state index is 10.9. The van der Waals surface area contributed by atoms with Crippen LogP contribution in [0.1, 0.15) is 12.8 Å². The molecule has 108 valence electrons. The molecule has 0 spiro atoms. The Balaban J connectivity index is 1.93. The third-order valence-corrected chi connectivity index (χ3v) is 3.32. The number of amides is 1. The Hall–Kier alpha value is -2.22. The molecular formula is C12H17N5O3. The summed E-state index contributed by atoms with van der Waals surface area (Å²) in [7, 11) is 0. The highest BCUT2D eigenvalue weighted by molar-refractivity contribution is 5.75. The van der Waals surface area contributed by atoms with Gasteiger partial charge in [-0.05, 0) is 18.9 Å². The van der Waals surface area contributed by atoms with Crippen molar-refractivity contribution in [2.24, 2.45) is 5.73 Å². The van der Waals surface area contributed by atoms with Gasteiger partial charge >= 0.3 is 5.69 Å². The van der Waals surface area contributed by atoms with E-state index in [1.807, 2.05) is 4.90 Å². The van der Waals surface area contributed by atoms with Crippen LogP contribution in [0.3, 0.4) is 0 Å². The number of aromatic nitrogens is 1. The van der Waals surface area contributed by atoms with Gasteiger partial charge in [0.05, 0.1) is 11.5 Å². The number of hydrogen-bond acceptors (Lipinski definition) is 6. The summed E-state index contributed by atoms with van der Waals surface area (Å²) < 4.78 is 0. The molecule has 1 aromatic heterocycles. The van der Waals surface area contributed by atoms with E-state index >= 15 is 0 Å². The van der Waals surface area contributed by atoms with Crippen LogP contribution in [0.15, 0.2) is 18.5 Å². The lowest BCUT2D eigenvalue weighted by atomic mass is 10.0. The van der Waals surface area contributed by atoms with Crippen LogP contribution in [0.25, 0.3) is 0 Å². The van der Waals surface area contributed by atoms with Gasteiger partial charge in [0.15, 0.2) is 0 Å². The van der Waals surface area contributed by atoms with Crippen molar-refractivity contribution in [2.45, 2.75) is 18.9 Å². The molecule has 1 aliphatic heterocycles. The Bertz CT molecular complexity index is 500. The molecule has 0 saturated carbocycles. The second kappa shape index (κ2) is 6.29. The van der Waals surface area contributed by atoms with Crippen molar-refractivity contribution in [3.63, 3.8) is 0 Å². The molecule has 0 atom stereocenters. The van der Waals surface area contributed by atoms with Gasteiger partial charge in [0.25, 0.3) is 0 Å². The van der Waals surface area contributed by atoms with E-state index in [4.69, 9.17) is 5.73 Å². The van der Waals surface area contributed by atoms with Crippen molar-refractivity contribution in [1.29, 1.82) is 0 Å². The normalized spacial score (nSPS) is 16.8. The number of pyridine rings is 1. The molecule has 1 aliphatic rings. The number of nitro groups is 1. The quantitative estimate of drug-likeness (QED) is 0.593. The van der Waals surface area contributed by atoms with Crippen LogP contribution in [0.5, 0.6) is 0 Å². The molecule has 2 rings (SSSR count). The fraction of sp³-hybridized carbons (Fsp3) is 0.500. The van der Waals surface area contributed by atoms with Gasteiger partial charge in [-0.25, -0.2) is 0 Å². The number of rotatable bonds is 5. The van der Waals surface area contributed by atoms with E-state index in [9.17, 15) is 14.9 Å². The maximum absolute atomic E-state index is 10.9. The zero-order valence-corrected chi connectivity index (χ0v) is 11.0. The van der Waals surface area contributed by atoms with Crippen molar-refractivity contribution < 1.29 is 9.72 Å². The van der Waals surface area contributed by atoms with E-state index in [1.165, 1.54) is 12.4 Å². The van der Waals surface area contributed by atoms with Gasteiger partial charge in [-0.1, -0.05) is 0 Å². The Morgan fingerprint density at radius 3 is 2.85 bits per heavy atom. The number of nitrogens with one attached hydrogen (secondary N) is 1. The monoisotopic (exact) mass is 279 g/mol. The Kier molecular flexibility index (Phi) is 4.46. The minimum atomic E-state index is -0.447. The summed E-state index contributed by atoms with van der Waals surface area (Å²) in [6, 6.07) is 1.76. The van der Waals surface area contributed by atoms with Gasteiger partial charge in [0.2, 0.25) is 5.91 Å². The maximum Gasteiger partial charge on any atom is 0.310 e. The summed E-state index contributed by atoms with van der Waals surface area (Å²) in [6.07, 6.45) is 4.39. The average Bonchev–Trinajstić information content (AvgIpc) is 2.41. The molecule has 0 aromatic carbocycles. The van der Waals surface area contributed by atoms with Crippen molar-refractivity contribution >= 4 is 17.3 Å². The van der Waals surface area contributed by atoms with Gasteiger partial charge < -0.3 is 11.1 Å². The van der Waals surface area contributed by atoms with Crippen molar-refractivity contribution in [3.05, 3.63) is 28.6 Å². The summed E-state index contributed by atoms with van der Waals surface area (Å²) in [4.78, 5) is 27.0. The van der Waals surface area contributed by atoms with E-state index in [0.717, 1.165) is 25.9 Å². The van der Waals surface area contributed by atoms with E-state index in [2.05, 4.69) is 10.3 Å². The number of anilines is 1. The van der Waals surface area contributed by atoms with Crippen molar-refractivity contribution in [2.75, 3.05) is 25.0 Å². The second-order valence-corrected chi connectivity index (χ2v) is 4.81. The molecule has 2 heterocycles. The van der Waals surface area contributed by atoms with Gasteiger partial charge in [0.1, 0.15) is 11.9 Å². The van der Waals surface area contributed by atoms with Crippen LogP contribution >= 0.6 is 0 Å². The van der Waals surface area contributed by atoms with Crippen LogP contribution in [-0.4, -0.2) is 46.4 Å². The summed E-state index contributed by atoms with van der Waals surface area (Å²) in [6.45, 7) is 1.76. The van der Waals surface area contributed by atoms with Crippen LogP contribution in [0.2, 0.25) is 0 Å². The summed E-state index contributed by atoms with van der Waals surface area (Å²) in [5.41, 5.74) is 5.62. The molecule has 0 aliphatic carbocycles. The van der Waals surface area contributed by atoms with Crippen LogP contribution in [-0.2, 0) is 4.79 Å². The molecule has 8 nitrogen and oxygen atoms in total. The lowest BCUT2D eigenvalue weighted by Gasteiger charge is -2.31. The van der Waals surface area contributed by atoms with Crippen LogP contribution in [0, 0.1) is 10.1 Å². The fourth-order valence-electron chi connectivity index (χ4n) is 2.33. The number of nitrogens with zero attached hydrogens (tertiary/aromatic N) is 3. The van der Waals surface area contributed by atoms with Gasteiger partial charge in [-0.2, -0.15) is 0 Å². The van der Waals surface area contributed by atoms with E-state index < -0.39 is 4.92 Å². The Labute approximate surface area is 116 Å². The third kappa shape index (κ3) is 3.64. The zero-order chi connectivity index (χ0) is 14.5. The Morgan fingerprint density at radius 2 is 2.25 bits per heavy atom. The topological polar surface area (TPSA) is 114 Å². The molecular weight excluding hydrogens is 262 g/mol. The highest BCUT2D eigenvalue weighted by Crippen LogP contribution is 2.25. The first kappa shape index (κ1) is 14.2. The van der Waals surface area contributed by atoms with E-state index in [-0.39, 0.29) is 24.2 Å². The van der Waals surface area contributed by atoms with Crippen LogP contribution in [0.4, 0.5) is 11.4 Å². The molecule has 0 radical (unpaired) electrons. The average molecular weight is 279 g/mol. The minimum Gasteiger partial charge on any atom is -0.377 e. The number of likely N-dealkylation sites (tertiary alicyclic amines) is 1. The molecule has 0 unspecified atom stereocenters. The first-order valence-electron chi connectivity index (χ1n) is 6.42. The lowest BCUT2D eigenvalue weighted by molar-refractivity contribution is -0.384. The summed E-state index contributed by atoms with van der Waals surface area (Å²) in [5.74, 6) is -0.332. The van der Waals surface area contributed by atoms with Crippen molar-refractivity contribution in [3.8, 4) is 0 Å². The van der Waals surface area contributed by atoms with E-state index in [1.54, 1.807) is 6.07 Å². The highest BCUT2D eigenvalue weighted by Gasteiger charge is 2.22. The SMILES string of the molecule is NC(=O)CN1CCC(Nc2ccncc2[N+](=O)[O-])CC1. The Morgan fingerprint density at radius 1 is 1.55 bits per heavy atom. The number of hydrogen-bond donors (Lipinski definition) is 2. The zero-order valence-electron chi connectivity index (χ0n) is 11.0. The van der Waals surface area contributed by atoms with Gasteiger partial charge in [-0.15, -0.1) is 0 Å². The first-order chi connectivity index (χ1) is 9.56. The summed E-state index contributed by atoms with van der Waals surface area (Å²) >= 11 is 0. The largest absolute Gasteiger partial charge is 0.377 e. The number of carbonyl (C=O) groups is 1. The van der Waals surface area contributed by atoms with E-state index in [0.29, 0.717) is 5.69 Å². The standard InChI is InChI=1S/C12H17N5O3/c13-12(18)8-16-5-2-9(3-6-16)15-10-1-4-14-7-11(10)17(19)20/h1,4,7,9H,2-3,5-6,8H2,(H2,13,18)(H,14,15). The minimum absolute atomic E-state index is 0.0212. The van der Waals surface area contributed by atoms with Gasteiger partial charge in [-0.3, -0.25) is 24.8 Å². The van der Waals surface area contributed by atoms with Crippen molar-refractivity contribution in [1.82, 2.24) is 9.88 Å². The van der Waals surface area contributed by atoms with Gasteiger partial charge in [0, 0.05) is 25.3 Å². The fourth-order valence-corrected chi connectivity index (χ4v) is 2.33. The first-order valence-corrected chi connectivity index (χ1v) is 6.42. The highest BCUT2D eigenvalue weighted by atomic mass is 16.6. The third-order valence-electron chi connectivity index (χ3n) is 3.32.